The van der Waals surface area contributed by atoms with Crippen molar-refractivity contribution in [3.05, 3.63) is 0 Å². The van der Waals surface area contributed by atoms with Crippen molar-refractivity contribution in [3.63, 3.8) is 0 Å². The molecule has 2 fully saturated rings. The zero-order chi connectivity index (χ0) is 11.4. The van der Waals surface area contributed by atoms with E-state index in [1.807, 2.05) is 11.9 Å². The Labute approximate surface area is 98.6 Å². The number of carbonyl (C=O) groups is 1. The maximum Gasteiger partial charge on any atom is 0.228 e. The Morgan fingerprint density at radius 3 is 2.12 bits per heavy atom. The maximum atomic E-state index is 12.1. The number of carbonyl (C=O) groups excluding carboxylic acids is 1. The summed E-state index contributed by atoms with van der Waals surface area (Å²) in [5, 5.41) is 3.17. The first-order valence-corrected chi connectivity index (χ1v) is 6.76. The number of hydrogen-bond donors (Lipinski definition) is 1. The molecule has 1 N–H and O–H groups in total. The fraction of sp³-hybridized carbons (Fsp3) is 0.923. The summed E-state index contributed by atoms with van der Waals surface area (Å²) in [5.74, 6) is 0.625. The van der Waals surface area contributed by atoms with E-state index in [1.54, 1.807) is 0 Å². The van der Waals surface area contributed by atoms with Gasteiger partial charge in [0.25, 0.3) is 0 Å². The molecule has 92 valence electrons. The van der Waals surface area contributed by atoms with Crippen LogP contribution in [0.5, 0.6) is 0 Å². The number of nitrogens with one attached hydrogen (secondary N) is 1. The van der Waals surface area contributed by atoms with Crippen molar-refractivity contribution in [1.29, 1.82) is 0 Å². The van der Waals surface area contributed by atoms with Gasteiger partial charge in [-0.1, -0.05) is 32.1 Å². The molecule has 0 bridgehead atoms. The first-order valence-electron chi connectivity index (χ1n) is 6.76. The molecule has 0 radical (unpaired) electrons. The first kappa shape index (κ1) is 11.9. The molecule has 3 nitrogen and oxygen atoms in total. The predicted octanol–water partition coefficient (Wildman–Crippen LogP) is 1.78. The van der Waals surface area contributed by atoms with Crippen molar-refractivity contribution in [1.82, 2.24) is 10.2 Å². The van der Waals surface area contributed by atoms with Crippen LogP contribution in [0.25, 0.3) is 0 Å². The van der Waals surface area contributed by atoms with Crippen LogP contribution in [0, 0.1) is 5.92 Å². The fourth-order valence-electron chi connectivity index (χ4n) is 2.75. The van der Waals surface area contributed by atoms with E-state index < -0.39 is 0 Å². The average molecular weight is 224 g/mol. The second-order valence-electron chi connectivity index (χ2n) is 5.30. The van der Waals surface area contributed by atoms with E-state index in [-0.39, 0.29) is 5.92 Å². The van der Waals surface area contributed by atoms with Gasteiger partial charge in [-0.15, -0.1) is 0 Å². The molecule has 2 rings (SSSR count). The third-order valence-corrected chi connectivity index (χ3v) is 4.10. The van der Waals surface area contributed by atoms with Crippen LogP contribution in [0.4, 0.5) is 0 Å². The minimum Gasteiger partial charge on any atom is -0.342 e. The highest BCUT2D eigenvalue weighted by Crippen LogP contribution is 2.22. The summed E-state index contributed by atoms with van der Waals surface area (Å²) < 4.78 is 0. The van der Waals surface area contributed by atoms with Crippen LogP contribution in [0.15, 0.2) is 0 Å². The standard InChI is InChI=1S/C13H24N2O/c1-15(13(16)11-9-14-10-11)12-7-5-3-2-4-6-8-12/h11-12,14H,2-10H2,1H3. The van der Waals surface area contributed by atoms with Crippen molar-refractivity contribution in [2.75, 3.05) is 20.1 Å². The SMILES string of the molecule is CN(C(=O)C1CNC1)C1CCCCCCC1. The Kier molecular flexibility index (Phi) is 4.22. The van der Waals surface area contributed by atoms with Crippen molar-refractivity contribution < 1.29 is 4.79 Å². The van der Waals surface area contributed by atoms with E-state index in [2.05, 4.69) is 5.32 Å². The van der Waals surface area contributed by atoms with Gasteiger partial charge in [-0.2, -0.15) is 0 Å². The van der Waals surface area contributed by atoms with E-state index >= 15 is 0 Å². The summed E-state index contributed by atoms with van der Waals surface area (Å²) >= 11 is 0. The van der Waals surface area contributed by atoms with Gasteiger partial charge < -0.3 is 10.2 Å². The van der Waals surface area contributed by atoms with Gasteiger partial charge in [0.05, 0.1) is 5.92 Å². The van der Waals surface area contributed by atoms with E-state index in [0.29, 0.717) is 11.9 Å². The second-order valence-corrected chi connectivity index (χ2v) is 5.30. The van der Waals surface area contributed by atoms with Crippen molar-refractivity contribution in [2.24, 2.45) is 5.92 Å². The van der Waals surface area contributed by atoms with Gasteiger partial charge in [-0.25, -0.2) is 0 Å². The van der Waals surface area contributed by atoms with Crippen LogP contribution < -0.4 is 5.32 Å². The van der Waals surface area contributed by atoms with Crippen LogP contribution in [0.2, 0.25) is 0 Å². The summed E-state index contributed by atoms with van der Waals surface area (Å²) in [5.41, 5.74) is 0. The lowest BCUT2D eigenvalue weighted by atomic mass is 9.94. The Morgan fingerprint density at radius 2 is 1.62 bits per heavy atom. The first-order chi connectivity index (χ1) is 7.79. The van der Waals surface area contributed by atoms with Crippen molar-refractivity contribution in [3.8, 4) is 0 Å². The molecule has 0 aromatic rings. The smallest absolute Gasteiger partial charge is 0.228 e. The topological polar surface area (TPSA) is 32.3 Å². The number of amides is 1. The summed E-state index contributed by atoms with van der Waals surface area (Å²) in [4.78, 5) is 14.1. The van der Waals surface area contributed by atoms with Gasteiger partial charge >= 0.3 is 0 Å². The molecule has 1 amide bonds. The summed E-state index contributed by atoms with van der Waals surface area (Å²) in [7, 11) is 2.01. The number of nitrogens with zero attached hydrogens (tertiary/aromatic N) is 1. The van der Waals surface area contributed by atoms with Gasteiger partial charge in [-0.05, 0) is 12.8 Å². The monoisotopic (exact) mass is 224 g/mol. The molecule has 1 heterocycles. The second kappa shape index (κ2) is 5.67. The molecule has 2 aliphatic rings. The minimum atomic E-state index is 0.260. The summed E-state index contributed by atoms with van der Waals surface area (Å²) in [6, 6.07) is 0.508. The van der Waals surface area contributed by atoms with Gasteiger partial charge in [0.15, 0.2) is 0 Å². The molecule has 1 aliphatic carbocycles. The lowest BCUT2D eigenvalue weighted by Gasteiger charge is -2.35. The average Bonchev–Trinajstić information content (AvgIpc) is 2.13. The zero-order valence-corrected chi connectivity index (χ0v) is 10.4. The Bertz CT molecular complexity index is 230. The molecule has 0 spiro atoms. The van der Waals surface area contributed by atoms with E-state index in [9.17, 15) is 4.79 Å². The van der Waals surface area contributed by atoms with Crippen LogP contribution in [-0.4, -0.2) is 37.0 Å². The molecule has 16 heavy (non-hydrogen) atoms. The van der Waals surface area contributed by atoms with E-state index in [1.165, 1.54) is 44.9 Å². The molecule has 0 atom stereocenters. The van der Waals surface area contributed by atoms with E-state index in [0.717, 1.165) is 13.1 Å². The maximum absolute atomic E-state index is 12.1. The lowest BCUT2D eigenvalue weighted by Crippen LogP contribution is -2.53. The molecule has 0 aromatic carbocycles. The normalized spacial score (nSPS) is 24.3. The Balaban J connectivity index is 1.85. The van der Waals surface area contributed by atoms with Gasteiger partial charge in [-0.3, -0.25) is 4.79 Å². The predicted molar refractivity (Wildman–Crippen MR) is 65.2 cm³/mol. The summed E-state index contributed by atoms with van der Waals surface area (Å²) in [6.45, 7) is 1.77. The van der Waals surface area contributed by atoms with Gasteiger partial charge in [0, 0.05) is 26.2 Å². The third-order valence-electron chi connectivity index (χ3n) is 4.10. The van der Waals surface area contributed by atoms with Crippen LogP contribution in [-0.2, 0) is 4.79 Å². The van der Waals surface area contributed by atoms with Gasteiger partial charge in [0.2, 0.25) is 5.91 Å². The van der Waals surface area contributed by atoms with Crippen LogP contribution in [0.3, 0.4) is 0 Å². The fourth-order valence-corrected chi connectivity index (χ4v) is 2.75. The number of rotatable bonds is 2. The molecule has 1 aliphatic heterocycles. The highest BCUT2D eigenvalue weighted by molar-refractivity contribution is 5.80. The van der Waals surface area contributed by atoms with Crippen LogP contribution in [0.1, 0.15) is 44.9 Å². The summed E-state index contributed by atoms with van der Waals surface area (Å²) in [6.07, 6.45) is 9.10. The highest BCUT2D eigenvalue weighted by atomic mass is 16.2. The Morgan fingerprint density at radius 1 is 1.06 bits per heavy atom. The zero-order valence-electron chi connectivity index (χ0n) is 10.4. The molecular weight excluding hydrogens is 200 g/mol. The quantitative estimate of drug-likeness (QED) is 0.775. The van der Waals surface area contributed by atoms with Gasteiger partial charge in [0.1, 0.15) is 0 Å². The van der Waals surface area contributed by atoms with Crippen LogP contribution >= 0.6 is 0 Å². The van der Waals surface area contributed by atoms with Crippen molar-refractivity contribution >= 4 is 5.91 Å². The molecule has 0 aromatic heterocycles. The minimum absolute atomic E-state index is 0.260. The largest absolute Gasteiger partial charge is 0.342 e. The Hall–Kier alpha value is -0.570. The molecule has 3 heteroatoms. The molecule has 1 saturated heterocycles. The third kappa shape index (κ3) is 2.76. The van der Waals surface area contributed by atoms with E-state index in [4.69, 9.17) is 0 Å². The molecule has 1 saturated carbocycles. The highest BCUT2D eigenvalue weighted by Gasteiger charge is 2.30. The van der Waals surface area contributed by atoms with Crippen molar-refractivity contribution in [2.45, 2.75) is 51.0 Å². The lowest BCUT2D eigenvalue weighted by molar-refractivity contribution is -0.138. The number of hydrogen-bond acceptors (Lipinski definition) is 2. The molecular formula is C13H24N2O. The molecule has 0 unspecified atom stereocenters.